The van der Waals surface area contributed by atoms with Crippen LogP contribution in [0.1, 0.15) is 23.6 Å². The minimum atomic E-state index is -0.836. The molecule has 130 valence electrons. The summed E-state index contributed by atoms with van der Waals surface area (Å²) in [6.45, 7) is 5.54. The molecule has 0 unspecified atom stereocenters. The van der Waals surface area contributed by atoms with Crippen LogP contribution in [0.5, 0.6) is 0 Å². The lowest BCUT2D eigenvalue weighted by molar-refractivity contribution is -0.152. The van der Waals surface area contributed by atoms with Crippen molar-refractivity contribution in [1.29, 1.82) is 0 Å². The van der Waals surface area contributed by atoms with Gasteiger partial charge in [-0.1, -0.05) is 35.9 Å². The van der Waals surface area contributed by atoms with Crippen LogP contribution in [0.25, 0.3) is 0 Å². The van der Waals surface area contributed by atoms with E-state index in [1.165, 1.54) is 11.8 Å². The van der Waals surface area contributed by atoms with Crippen molar-refractivity contribution >= 4 is 29.3 Å². The average Bonchev–Trinajstić information content (AvgIpc) is 3.01. The van der Waals surface area contributed by atoms with Gasteiger partial charge in [-0.3, -0.25) is 9.59 Å². The average molecular weight is 355 g/mol. The van der Waals surface area contributed by atoms with Crippen molar-refractivity contribution in [2.24, 2.45) is 0 Å². The van der Waals surface area contributed by atoms with Gasteiger partial charge in [0.15, 0.2) is 6.10 Å². The van der Waals surface area contributed by atoms with E-state index in [4.69, 9.17) is 4.74 Å². The summed E-state index contributed by atoms with van der Waals surface area (Å²) in [5, 5.41) is 2.54. The van der Waals surface area contributed by atoms with E-state index >= 15 is 0 Å². The SMILES string of the molecule is Cc1ccc(NC(=O)[C@H](C)OC(=O)[C@@H]2Cc3ccccc3S2)c(C)c1. The van der Waals surface area contributed by atoms with E-state index in [0.717, 1.165) is 27.3 Å². The van der Waals surface area contributed by atoms with Gasteiger partial charge in [0.2, 0.25) is 0 Å². The summed E-state index contributed by atoms with van der Waals surface area (Å²) in [4.78, 5) is 25.8. The normalized spacial score (nSPS) is 16.8. The molecule has 0 fully saturated rings. The van der Waals surface area contributed by atoms with Crippen LogP contribution >= 0.6 is 11.8 Å². The maximum absolute atomic E-state index is 12.4. The van der Waals surface area contributed by atoms with Gasteiger partial charge in [-0.2, -0.15) is 0 Å². The molecule has 1 amide bonds. The van der Waals surface area contributed by atoms with E-state index in [9.17, 15) is 9.59 Å². The Morgan fingerprint density at radius 2 is 1.96 bits per heavy atom. The lowest BCUT2D eigenvalue weighted by atomic mass is 10.1. The monoisotopic (exact) mass is 355 g/mol. The summed E-state index contributed by atoms with van der Waals surface area (Å²) in [6, 6.07) is 13.7. The van der Waals surface area contributed by atoms with Crippen LogP contribution < -0.4 is 5.32 Å². The first-order valence-electron chi connectivity index (χ1n) is 8.27. The predicted octanol–water partition coefficient (Wildman–Crippen LogP) is 3.89. The molecule has 1 aliphatic rings. The first-order chi connectivity index (χ1) is 11.9. The Balaban J connectivity index is 1.57. The lowest BCUT2D eigenvalue weighted by Crippen LogP contribution is -2.33. The van der Waals surface area contributed by atoms with Crippen molar-refractivity contribution < 1.29 is 14.3 Å². The number of aryl methyl sites for hydroxylation is 2. The molecule has 1 aliphatic heterocycles. The number of carbonyl (C=O) groups is 2. The van der Waals surface area contributed by atoms with Crippen molar-refractivity contribution in [3.63, 3.8) is 0 Å². The molecule has 0 aromatic heterocycles. The van der Waals surface area contributed by atoms with Crippen LogP contribution in [0.3, 0.4) is 0 Å². The minimum Gasteiger partial charge on any atom is -0.452 e. The van der Waals surface area contributed by atoms with Crippen LogP contribution in [0, 0.1) is 13.8 Å². The Morgan fingerprint density at radius 3 is 2.68 bits per heavy atom. The van der Waals surface area contributed by atoms with Gasteiger partial charge in [0, 0.05) is 10.6 Å². The maximum Gasteiger partial charge on any atom is 0.320 e. The van der Waals surface area contributed by atoms with Gasteiger partial charge in [0.05, 0.1) is 0 Å². The number of esters is 1. The van der Waals surface area contributed by atoms with Gasteiger partial charge in [0.25, 0.3) is 5.91 Å². The van der Waals surface area contributed by atoms with Gasteiger partial charge in [-0.25, -0.2) is 0 Å². The van der Waals surface area contributed by atoms with E-state index < -0.39 is 6.10 Å². The molecule has 4 nitrogen and oxygen atoms in total. The number of thioether (sulfide) groups is 1. The number of hydrogen-bond donors (Lipinski definition) is 1. The van der Waals surface area contributed by atoms with Crippen molar-refractivity contribution in [1.82, 2.24) is 0 Å². The van der Waals surface area contributed by atoms with Gasteiger partial charge < -0.3 is 10.1 Å². The smallest absolute Gasteiger partial charge is 0.320 e. The highest BCUT2D eigenvalue weighted by Crippen LogP contribution is 2.37. The molecule has 25 heavy (non-hydrogen) atoms. The molecule has 0 saturated heterocycles. The third kappa shape index (κ3) is 4.04. The van der Waals surface area contributed by atoms with E-state index in [1.807, 2.05) is 56.3 Å². The quantitative estimate of drug-likeness (QED) is 0.846. The van der Waals surface area contributed by atoms with Gasteiger partial charge in [0.1, 0.15) is 5.25 Å². The van der Waals surface area contributed by atoms with Crippen LogP contribution in [-0.4, -0.2) is 23.2 Å². The molecule has 5 heteroatoms. The second-order valence-corrected chi connectivity index (χ2v) is 7.55. The molecule has 0 aliphatic carbocycles. The Hall–Kier alpha value is -2.27. The van der Waals surface area contributed by atoms with Gasteiger partial charge in [-0.05, 0) is 50.5 Å². The zero-order valence-electron chi connectivity index (χ0n) is 14.5. The van der Waals surface area contributed by atoms with E-state index in [2.05, 4.69) is 5.32 Å². The highest BCUT2D eigenvalue weighted by molar-refractivity contribution is 8.01. The molecule has 2 aromatic carbocycles. The number of fused-ring (bicyclic) bond motifs is 1. The van der Waals surface area contributed by atoms with Crippen molar-refractivity contribution in [2.75, 3.05) is 5.32 Å². The fourth-order valence-electron chi connectivity index (χ4n) is 2.81. The fraction of sp³-hybridized carbons (Fsp3) is 0.300. The molecule has 2 aromatic rings. The number of carbonyl (C=O) groups excluding carboxylic acids is 2. The van der Waals surface area contributed by atoms with E-state index in [-0.39, 0.29) is 17.1 Å². The number of rotatable bonds is 4. The predicted molar refractivity (Wildman–Crippen MR) is 99.9 cm³/mol. The lowest BCUT2D eigenvalue weighted by Gasteiger charge is -2.16. The number of anilines is 1. The van der Waals surface area contributed by atoms with Crippen molar-refractivity contribution in [3.8, 4) is 0 Å². The van der Waals surface area contributed by atoms with Crippen LogP contribution in [0.4, 0.5) is 5.69 Å². The molecule has 1 heterocycles. The number of benzene rings is 2. The number of hydrogen-bond acceptors (Lipinski definition) is 4. The van der Waals surface area contributed by atoms with Crippen LogP contribution in [0.15, 0.2) is 47.4 Å². The van der Waals surface area contributed by atoms with E-state index in [0.29, 0.717) is 6.42 Å². The molecular weight excluding hydrogens is 334 g/mol. The van der Waals surface area contributed by atoms with Crippen molar-refractivity contribution in [2.45, 2.75) is 43.4 Å². The minimum absolute atomic E-state index is 0.284. The summed E-state index contributed by atoms with van der Waals surface area (Å²) in [7, 11) is 0. The summed E-state index contributed by atoms with van der Waals surface area (Å²) in [5.74, 6) is -0.662. The Morgan fingerprint density at radius 1 is 1.20 bits per heavy atom. The first-order valence-corrected chi connectivity index (χ1v) is 9.15. The molecule has 0 saturated carbocycles. The zero-order valence-corrected chi connectivity index (χ0v) is 15.4. The Labute approximate surface area is 152 Å². The standard InChI is InChI=1S/C20H21NO3S/c1-12-8-9-16(13(2)10-12)21-19(22)14(3)24-20(23)18-11-15-6-4-5-7-17(15)25-18/h4-10,14,18H,11H2,1-3H3,(H,21,22)/t14-,18-/m0/s1. The third-order valence-corrected chi connectivity index (χ3v) is 5.51. The molecular formula is C20H21NO3S. The summed E-state index contributed by atoms with van der Waals surface area (Å²) < 4.78 is 5.39. The second kappa shape index (κ2) is 7.31. The van der Waals surface area contributed by atoms with Crippen molar-refractivity contribution in [3.05, 3.63) is 59.2 Å². The topological polar surface area (TPSA) is 55.4 Å². The summed E-state index contributed by atoms with van der Waals surface area (Å²) in [6.07, 6.45) is -0.192. The summed E-state index contributed by atoms with van der Waals surface area (Å²) in [5.41, 5.74) is 4.00. The van der Waals surface area contributed by atoms with Gasteiger partial charge in [-0.15, -0.1) is 11.8 Å². The van der Waals surface area contributed by atoms with Crippen LogP contribution in [0.2, 0.25) is 0 Å². The Kier molecular flexibility index (Phi) is 5.13. The number of amides is 1. The van der Waals surface area contributed by atoms with Gasteiger partial charge >= 0.3 is 5.97 Å². The molecule has 0 spiro atoms. The molecule has 0 radical (unpaired) electrons. The maximum atomic E-state index is 12.4. The van der Waals surface area contributed by atoms with Crippen LogP contribution in [-0.2, 0) is 20.7 Å². The molecule has 0 bridgehead atoms. The molecule has 3 rings (SSSR count). The first kappa shape index (κ1) is 17.5. The fourth-order valence-corrected chi connectivity index (χ4v) is 3.99. The molecule has 2 atom stereocenters. The zero-order chi connectivity index (χ0) is 18.0. The number of nitrogens with one attached hydrogen (secondary N) is 1. The highest BCUT2D eigenvalue weighted by atomic mass is 32.2. The van der Waals surface area contributed by atoms with E-state index in [1.54, 1.807) is 6.92 Å². The summed E-state index contributed by atoms with van der Waals surface area (Å²) >= 11 is 1.50. The Bertz CT molecular complexity index is 793. The third-order valence-electron chi connectivity index (χ3n) is 4.21. The highest BCUT2D eigenvalue weighted by Gasteiger charge is 2.31. The number of ether oxygens (including phenoxy) is 1. The molecule has 1 N–H and O–H groups in total. The largest absolute Gasteiger partial charge is 0.452 e. The second-order valence-electron chi connectivity index (χ2n) is 6.31.